The lowest BCUT2D eigenvalue weighted by Gasteiger charge is -1.90. The molecular weight excluding hydrogens is 64.0 g/mol. The Kier molecular flexibility index (Phi) is 1.40. The van der Waals surface area contributed by atoms with Gasteiger partial charge in [-0.15, -0.1) is 0 Å². The van der Waals surface area contributed by atoms with Crippen LogP contribution in [0.3, 0.4) is 0 Å². The van der Waals surface area contributed by atoms with Crippen molar-refractivity contribution in [1.29, 1.82) is 1.43 Å². The molecule has 0 spiro atoms. The highest BCUT2D eigenvalue weighted by atomic mass is 16.3. The Bertz CT molecular complexity index is 26.7. The van der Waals surface area contributed by atoms with Gasteiger partial charge in [0.05, 0.1) is 6.10 Å². The molecule has 32 valence electrons. The molecule has 1 nitrogen and oxygen atoms in total. The molecule has 0 heterocycles. The van der Waals surface area contributed by atoms with E-state index in [0.29, 0.717) is 0 Å². The maximum atomic E-state index is 6.31. The van der Waals surface area contributed by atoms with Crippen LogP contribution in [-0.2, 0) is 0 Å². The van der Waals surface area contributed by atoms with Gasteiger partial charge in [0.1, 0.15) is 0 Å². The second-order valence-corrected chi connectivity index (χ2v) is 1.22. The van der Waals surface area contributed by atoms with Crippen LogP contribution < -0.4 is 0 Å². The van der Waals surface area contributed by atoms with E-state index in [4.69, 9.17) is 1.43 Å². The molecule has 0 aromatic rings. The van der Waals surface area contributed by atoms with E-state index in [9.17, 15) is 0 Å². The average Bonchev–Trinajstić information content (AvgIpc) is 1.65. The summed E-state index contributed by atoms with van der Waals surface area (Å²) in [6.45, 7) is 3.85. The second-order valence-electron chi connectivity index (χ2n) is 1.22. The first-order valence-corrected chi connectivity index (χ1v) is 1.93. The van der Waals surface area contributed by atoms with Gasteiger partial charge in [0.15, 0.2) is 0 Å². The standard InChI is InChI=1S/C4H10O/c1-3-4(2)5/h4-5H,3H2,1-2H3/i5T. The highest BCUT2D eigenvalue weighted by Crippen LogP contribution is 1.81. The van der Waals surface area contributed by atoms with Gasteiger partial charge < -0.3 is 5.11 Å². The Hall–Kier alpha value is -0.0400. The number of aliphatic hydroxyl groups is 1. The summed E-state index contributed by atoms with van der Waals surface area (Å²) in [7, 11) is 0. The Morgan fingerprint density at radius 1 is 2.20 bits per heavy atom. The number of hydrogen-bond donors (Lipinski definition) is 1. The zero-order valence-electron chi connectivity index (χ0n) is 4.69. The largest absolute Gasteiger partial charge is 0.393 e. The molecule has 1 N–H and O–H groups in total. The van der Waals surface area contributed by atoms with Crippen LogP contribution in [0.2, 0.25) is 0 Å². The van der Waals surface area contributed by atoms with Gasteiger partial charge in [-0.25, -0.2) is 0 Å². The molecule has 0 aliphatic carbocycles. The van der Waals surface area contributed by atoms with Crippen molar-refractivity contribution in [2.24, 2.45) is 0 Å². The minimum absolute atomic E-state index is 0.102. The fraction of sp³-hybridized carbons (Fsp3) is 1.00. The Labute approximate surface area is 34.1 Å². The lowest BCUT2D eigenvalue weighted by atomic mass is 10.3. The first-order valence-electron chi connectivity index (χ1n) is 2.34. The zero-order valence-corrected chi connectivity index (χ0v) is 3.69. The Morgan fingerprint density at radius 2 is 2.80 bits per heavy atom. The first kappa shape index (κ1) is 3.16. The molecule has 5 heavy (non-hydrogen) atoms. The van der Waals surface area contributed by atoms with Crippen LogP contribution in [0, 0.1) is 0 Å². The van der Waals surface area contributed by atoms with Crippen LogP contribution in [0.5, 0.6) is 0 Å². The van der Waals surface area contributed by atoms with Crippen LogP contribution >= 0.6 is 0 Å². The summed E-state index contributed by atoms with van der Waals surface area (Å²) in [5.74, 6) is 0. The van der Waals surface area contributed by atoms with Gasteiger partial charge in [0, 0.05) is 0 Å². The minimum Gasteiger partial charge on any atom is -0.393 e. The van der Waals surface area contributed by atoms with Crippen molar-refractivity contribution in [3.8, 4) is 0 Å². The molecule has 0 radical (unpaired) electrons. The average molecular weight is 76.1 g/mol. The molecule has 0 fully saturated rings. The maximum Gasteiger partial charge on any atom is 0.210 e. The topological polar surface area (TPSA) is 20.2 Å². The van der Waals surface area contributed by atoms with Crippen molar-refractivity contribution in [2.75, 3.05) is 0 Å². The van der Waals surface area contributed by atoms with Gasteiger partial charge in [0.25, 0.3) is 0 Å². The predicted molar refractivity (Wildman–Crippen MR) is 22.0 cm³/mol. The van der Waals surface area contributed by atoms with Crippen LogP contribution in [0.1, 0.15) is 20.3 Å². The smallest absolute Gasteiger partial charge is 0.210 e. The van der Waals surface area contributed by atoms with Crippen molar-refractivity contribution in [1.82, 2.24) is 0 Å². The molecule has 0 saturated carbocycles. The molecule has 0 aliphatic rings. The third kappa shape index (κ3) is 3.96. The van der Waals surface area contributed by atoms with Gasteiger partial charge in [-0.05, 0) is 13.3 Å². The van der Waals surface area contributed by atoms with E-state index in [-0.39, 0.29) is 6.10 Å². The van der Waals surface area contributed by atoms with E-state index < -0.39 is 0 Å². The fourth-order valence-corrected chi connectivity index (χ4v) is 0. The van der Waals surface area contributed by atoms with Crippen LogP contribution in [0.4, 0.5) is 0 Å². The van der Waals surface area contributed by atoms with Crippen LogP contribution in [0.15, 0.2) is 0 Å². The lowest BCUT2D eigenvalue weighted by Crippen LogP contribution is -1.93. The predicted octanol–water partition coefficient (Wildman–Crippen LogP) is 0.777. The molecule has 0 aromatic carbocycles. The van der Waals surface area contributed by atoms with Gasteiger partial charge in [0.2, 0.25) is 1.43 Å². The summed E-state index contributed by atoms with van der Waals surface area (Å²) < 4.78 is 6.31. The maximum absolute atomic E-state index is 6.31. The van der Waals surface area contributed by atoms with E-state index in [1.54, 1.807) is 0 Å². The summed E-state index contributed by atoms with van der Waals surface area (Å²) >= 11 is 0. The van der Waals surface area contributed by atoms with Crippen molar-refractivity contribution in [3.05, 3.63) is 0 Å². The summed E-state index contributed by atoms with van der Waals surface area (Å²) in [4.78, 5) is 0. The monoisotopic (exact) mass is 76.1 g/mol. The molecule has 0 rings (SSSR count). The lowest BCUT2D eigenvalue weighted by molar-refractivity contribution is 0.191. The highest BCUT2D eigenvalue weighted by molar-refractivity contribution is 4.34. The summed E-state index contributed by atoms with van der Waals surface area (Å²) in [5, 5.41) is 4.15. The summed E-state index contributed by atoms with van der Waals surface area (Å²) in [6.07, 6.45) is 1.02. The first-order chi connectivity index (χ1) is 2.81. The number of hydrogen-bond acceptors (Lipinski definition) is 1. The number of rotatable bonds is 2. The van der Waals surface area contributed by atoms with E-state index in [1.165, 1.54) is 0 Å². The Morgan fingerprint density at radius 3 is 2.80 bits per heavy atom. The van der Waals surface area contributed by atoms with Crippen molar-refractivity contribution in [3.63, 3.8) is 0 Å². The van der Waals surface area contributed by atoms with E-state index in [1.807, 2.05) is 13.8 Å². The molecule has 1 atom stereocenters. The normalized spacial score (nSPS) is 17.6. The molecule has 0 aromatic heterocycles. The van der Waals surface area contributed by atoms with Crippen molar-refractivity contribution in [2.45, 2.75) is 26.4 Å². The van der Waals surface area contributed by atoms with Gasteiger partial charge in [-0.3, -0.25) is 0 Å². The molecule has 0 aliphatic heterocycles. The molecule has 1 heteroatoms. The summed E-state index contributed by atoms with van der Waals surface area (Å²) in [6, 6.07) is 0. The van der Waals surface area contributed by atoms with Crippen LogP contribution in [0.25, 0.3) is 0 Å². The second kappa shape index (κ2) is 2.21. The fourth-order valence-electron chi connectivity index (χ4n) is 0. The Balaban J connectivity index is 2.75. The van der Waals surface area contributed by atoms with E-state index in [0.717, 1.165) is 6.42 Å². The van der Waals surface area contributed by atoms with Crippen molar-refractivity contribution < 1.29 is 5.11 Å². The van der Waals surface area contributed by atoms with E-state index in [2.05, 4.69) is 5.11 Å². The van der Waals surface area contributed by atoms with Crippen LogP contribution in [-0.4, -0.2) is 12.6 Å². The quantitative estimate of drug-likeness (QED) is 0.515. The third-order valence-electron chi connectivity index (χ3n) is 0.575. The highest BCUT2D eigenvalue weighted by Gasteiger charge is 1.81. The van der Waals surface area contributed by atoms with Gasteiger partial charge >= 0.3 is 0 Å². The molecule has 0 bridgehead atoms. The van der Waals surface area contributed by atoms with Crippen molar-refractivity contribution >= 4 is 0 Å². The SMILES string of the molecule is [3H]OC(C)CC. The van der Waals surface area contributed by atoms with Gasteiger partial charge in [-0.2, -0.15) is 0 Å². The molecule has 0 saturated heterocycles. The zero-order chi connectivity index (χ0) is 4.99. The molecular formula is C4H10O. The number of aliphatic hydroxyl groups excluding tert-OH is 1. The van der Waals surface area contributed by atoms with E-state index >= 15 is 0 Å². The van der Waals surface area contributed by atoms with Gasteiger partial charge in [-0.1, -0.05) is 6.92 Å². The minimum atomic E-state index is 0.102. The molecule has 0 amide bonds. The molecule has 1 unspecified atom stereocenters. The third-order valence-corrected chi connectivity index (χ3v) is 0.575. The summed E-state index contributed by atoms with van der Waals surface area (Å²) in [5.41, 5.74) is 0.